The highest BCUT2D eigenvalue weighted by molar-refractivity contribution is 7.91. The first-order chi connectivity index (χ1) is 2.21. The lowest BCUT2D eigenvalue weighted by molar-refractivity contribution is 0.519. The summed E-state index contributed by atoms with van der Waals surface area (Å²) < 4.78 is 22.9. The first-order valence-corrected chi connectivity index (χ1v) is 2.65. The maximum atomic E-state index is 9.52. The molecule has 0 aromatic heterocycles. The van der Waals surface area contributed by atoms with Gasteiger partial charge in [0.2, 0.25) is 0 Å². The van der Waals surface area contributed by atoms with Crippen molar-refractivity contribution in [2.45, 2.75) is 0 Å². The highest BCUT2D eigenvalue weighted by Gasteiger charge is 2.27. The van der Waals surface area contributed by atoms with E-state index in [4.69, 9.17) is 0 Å². The van der Waals surface area contributed by atoms with E-state index in [0.29, 0.717) is 0 Å². The third-order valence-corrected chi connectivity index (χ3v) is 0.931. The molecule has 0 unspecified atom stereocenters. The molecule has 0 bridgehead atoms. The van der Waals surface area contributed by atoms with Crippen LogP contribution in [-0.4, -0.2) is 14.4 Å². The third kappa shape index (κ3) is 0.592. The van der Waals surface area contributed by atoms with Crippen LogP contribution in [0.1, 0.15) is 0 Å². The van der Waals surface area contributed by atoms with Gasteiger partial charge < -0.3 is 0 Å². The Labute approximate surface area is 29.7 Å². The maximum Gasteiger partial charge on any atom is 0.294 e. The van der Waals surface area contributed by atoms with Gasteiger partial charge in [-0.25, -0.2) is 4.18 Å². The second-order valence-corrected chi connectivity index (χ2v) is 2.38. The molecule has 0 aromatic carbocycles. The zero-order valence-corrected chi connectivity index (χ0v) is 3.16. The molecule has 0 N–H and O–H groups in total. The van der Waals surface area contributed by atoms with E-state index in [2.05, 4.69) is 4.18 Å². The molecule has 1 heterocycles. The molecule has 4 heteroatoms. The predicted octanol–water partition coefficient (Wildman–Crippen LogP) is -0.696. The third-order valence-electron chi connectivity index (χ3n) is 0.310. The van der Waals surface area contributed by atoms with Crippen molar-refractivity contribution in [2.75, 3.05) is 5.94 Å². The van der Waals surface area contributed by atoms with Gasteiger partial charge in [0.05, 0.1) is 0 Å². The first-order valence-electron chi connectivity index (χ1n) is 1.08. The molecule has 0 aromatic rings. The standard InChI is InChI=1S/CH2O3S/c2-5(3)1-4-5/h1H2. The lowest BCUT2D eigenvalue weighted by Crippen LogP contribution is -1.60. The Bertz CT molecular complexity index is 110. The Balaban J connectivity index is 3.15. The second kappa shape index (κ2) is 0.529. The van der Waals surface area contributed by atoms with Crippen molar-refractivity contribution in [1.82, 2.24) is 0 Å². The molecule has 0 aliphatic carbocycles. The number of hydrogen-bond donors (Lipinski definition) is 0. The SMILES string of the molecule is O=S1(=O)CO1. The summed E-state index contributed by atoms with van der Waals surface area (Å²) in [5, 5.41) is 0. The highest BCUT2D eigenvalue weighted by Crippen LogP contribution is 2.07. The summed E-state index contributed by atoms with van der Waals surface area (Å²) in [5.74, 6) is -0.0764. The molecule has 1 saturated heterocycles. The van der Waals surface area contributed by atoms with Gasteiger partial charge in [0.15, 0.2) is 5.94 Å². The fraction of sp³-hybridized carbons (Fsp3) is 1.00. The molecule has 1 fully saturated rings. The van der Waals surface area contributed by atoms with Crippen LogP contribution in [0.15, 0.2) is 0 Å². The quantitative estimate of drug-likeness (QED) is 0.373. The van der Waals surface area contributed by atoms with Gasteiger partial charge in [-0.1, -0.05) is 0 Å². The zero-order valence-electron chi connectivity index (χ0n) is 2.34. The summed E-state index contributed by atoms with van der Waals surface area (Å²) >= 11 is 0. The van der Waals surface area contributed by atoms with Crippen LogP contribution in [0.25, 0.3) is 0 Å². The predicted molar refractivity (Wildman–Crippen MR) is 14.9 cm³/mol. The Morgan fingerprint density at radius 1 is 1.60 bits per heavy atom. The van der Waals surface area contributed by atoms with Gasteiger partial charge in [-0.2, -0.15) is 8.42 Å². The molecule has 1 rings (SSSR count). The molecule has 3 nitrogen and oxygen atoms in total. The van der Waals surface area contributed by atoms with Gasteiger partial charge in [-0.15, -0.1) is 0 Å². The molecule has 0 saturated carbocycles. The maximum absolute atomic E-state index is 9.52. The van der Waals surface area contributed by atoms with Crippen molar-refractivity contribution in [1.29, 1.82) is 0 Å². The van der Waals surface area contributed by atoms with Crippen molar-refractivity contribution < 1.29 is 12.6 Å². The van der Waals surface area contributed by atoms with E-state index in [-0.39, 0.29) is 5.94 Å². The van der Waals surface area contributed by atoms with Crippen LogP contribution in [0.3, 0.4) is 0 Å². The van der Waals surface area contributed by atoms with Gasteiger partial charge >= 0.3 is 0 Å². The molecule has 30 valence electrons. The zero-order chi connectivity index (χ0) is 3.91. The van der Waals surface area contributed by atoms with E-state index in [0.717, 1.165) is 0 Å². The van der Waals surface area contributed by atoms with Crippen LogP contribution in [-0.2, 0) is 14.3 Å². The van der Waals surface area contributed by atoms with E-state index in [1.54, 1.807) is 0 Å². The molecular formula is CH2O3S. The minimum Gasteiger partial charge on any atom is -0.249 e. The van der Waals surface area contributed by atoms with Crippen LogP contribution >= 0.6 is 0 Å². The first kappa shape index (κ1) is 3.11. The monoisotopic (exact) mass is 94.0 g/mol. The normalized spacial score (nSPS) is 29.6. The van der Waals surface area contributed by atoms with Crippen molar-refractivity contribution in [3.63, 3.8) is 0 Å². The second-order valence-electron chi connectivity index (χ2n) is 0.793. The van der Waals surface area contributed by atoms with E-state index >= 15 is 0 Å². The van der Waals surface area contributed by atoms with Crippen molar-refractivity contribution in [3.8, 4) is 0 Å². The molecule has 0 atom stereocenters. The molecule has 0 amide bonds. The summed E-state index contributed by atoms with van der Waals surface area (Å²) in [6, 6.07) is 0. The van der Waals surface area contributed by atoms with E-state index in [9.17, 15) is 8.42 Å². The van der Waals surface area contributed by atoms with Crippen LogP contribution in [0.2, 0.25) is 0 Å². The Kier molecular flexibility index (Phi) is 0.330. The van der Waals surface area contributed by atoms with Gasteiger partial charge in [0.25, 0.3) is 10.1 Å². The minimum absolute atomic E-state index is 0.0764. The fourth-order valence-corrected chi connectivity index (χ4v) is 0.354. The van der Waals surface area contributed by atoms with Crippen LogP contribution in [0.4, 0.5) is 0 Å². The van der Waals surface area contributed by atoms with Gasteiger partial charge in [-0.05, 0) is 0 Å². The molecular weight excluding hydrogens is 92.1 g/mol. The topological polar surface area (TPSA) is 46.7 Å². The van der Waals surface area contributed by atoms with E-state index in [1.165, 1.54) is 0 Å². The van der Waals surface area contributed by atoms with Gasteiger partial charge in [-0.3, -0.25) is 0 Å². The summed E-state index contributed by atoms with van der Waals surface area (Å²) in [7, 11) is -2.92. The van der Waals surface area contributed by atoms with Crippen molar-refractivity contribution >= 4 is 10.1 Å². The molecule has 0 spiro atoms. The molecule has 0 radical (unpaired) electrons. The summed E-state index contributed by atoms with van der Waals surface area (Å²) in [5.41, 5.74) is 0. The molecule has 5 heavy (non-hydrogen) atoms. The average molecular weight is 94.1 g/mol. The Morgan fingerprint density at radius 3 is 1.80 bits per heavy atom. The van der Waals surface area contributed by atoms with Crippen LogP contribution in [0.5, 0.6) is 0 Å². The number of hydrogen-bond acceptors (Lipinski definition) is 3. The smallest absolute Gasteiger partial charge is 0.249 e. The molecule has 1 aliphatic heterocycles. The Morgan fingerprint density at radius 2 is 1.80 bits per heavy atom. The summed E-state index contributed by atoms with van der Waals surface area (Å²) in [6.07, 6.45) is 0. The van der Waals surface area contributed by atoms with Gasteiger partial charge in [0.1, 0.15) is 0 Å². The average Bonchev–Trinajstić information content (AvgIpc) is 1.76. The lowest BCUT2D eigenvalue weighted by Gasteiger charge is -1.41. The lowest BCUT2D eigenvalue weighted by atomic mass is 11.7. The van der Waals surface area contributed by atoms with E-state index < -0.39 is 10.1 Å². The van der Waals surface area contributed by atoms with Gasteiger partial charge in [0, 0.05) is 0 Å². The Hall–Kier alpha value is -0.0900. The van der Waals surface area contributed by atoms with Crippen molar-refractivity contribution in [2.24, 2.45) is 0 Å². The largest absolute Gasteiger partial charge is 0.294 e. The van der Waals surface area contributed by atoms with Crippen LogP contribution in [0, 0.1) is 0 Å². The van der Waals surface area contributed by atoms with Crippen molar-refractivity contribution in [3.05, 3.63) is 0 Å². The fourth-order valence-electron chi connectivity index (χ4n) is 0.0393. The minimum atomic E-state index is -2.92. The van der Waals surface area contributed by atoms with E-state index in [1.807, 2.05) is 0 Å². The summed E-state index contributed by atoms with van der Waals surface area (Å²) in [6.45, 7) is 0. The van der Waals surface area contributed by atoms with Crippen LogP contribution < -0.4 is 0 Å². The summed E-state index contributed by atoms with van der Waals surface area (Å²) in [4.78, 5) is 0. The highest BCUT2D eigenvalue weighted by atomic mass is 32.2. The molecule has 1 aliphatic rings. The number of rotatable bonds is 0.